The van der Waals surface area contributed by atoms with E-state index in [0.717, 1.165) is 64.5 Å². The third kappa shape index (κ3) is 9.46. The van der Waals surface area contributed by atoms with E-state index in [1.54, 1.807) is 0 Å². The van der Waals surface area contributed by atoms with Crippen LogP contribution in [-0.2, 0) is 22.7 Å². The molecule has 3 aliphatic rings. The van der Waals surface area contributed by atoms with Gasteiger partial charge >= 0.3 is 0 Å². The maximum Gasteiger partial charge on any atom is 0.122 e. The molecule has 4 aromatic carbocycles. The molecule has 0 amide bonds. The van der Waals surface area contributed by atoms with Gasteiger partial charge in [-0.1, -0.05) is 137 Å². The van der Waals surface area contributed by atoms with Crippen molar-refractivity contribution in [3.8, 4) is 23.0 Å². The normalized spacial score (nSPS) is 22.4. The molecule has 4 heteroatoms. The van der Waals surface area contributed by atoms with Gasteiger partial charge < -0.3 is 20.4 Å². The monoisotopic (exact) mass is 843 g/mol. The second kappa shape index (κ2) is 17.6. The van der Waals surface area contributed by atoms with Crippen LogP contribution in [-0.4, -0.2) is 20.4 Å². The topological polar surface area (TPSA) is 80.9 Å². The molecule has 4 aromatic rings. The van der Waals surface area contributed by atoms with E-state index >= 15 is 0 Å². The molecule has 0 heterocycles. The Hall–Kier alpha value is -3.92. The van der Waals surface area contributed by atoms with Gasteiger partial charge in [-0.25, -0.2) is 0 Å². The van der Waals surface area contributed by atoms with Crippen molar-refractivity contribution in [3.63, 3.8) is 0 Å². The fraction of sp³-hybridized carbons (Fsp3) is 0.586. The number of aryl methyl sites for hydroxylation is 4. The Balaban J connectivity index is 0.000000212. The van der Waals surface area contributed by atoms with E-state index in [-0.39, 0.29) is 22.2 Å². The Labute approximate surface area is 376 Å². The molecule has 338 valence electrons. The number of phenols is 4. The summed E-state index contributed by atoms with van der Waals surface area (Å²) in [6.45, 7) is 34.6. The van der Waals surface area contributed by atoms with E-state index in [1.807, 2.05) is 12.1 Å². The molecule has 62 heavy (non-hydrogen) atoms. The Morgan fingerprint density at radius 2 is 1.06 bits per heavy atom. The summed E-state index contributed by atoms with van der Waals surface area (Å²) in [6.07, 6.45) is 8.04. The highest BCUT2D eigenvalue weighted by Crippen LogP contribution is 2.68. The van der Waals surface area contributed by atoms with E-state index in [2.05, 4.69) is 147 Å². The van der Waals surface area contributed by atoms with Gasteiger partial charge in [-0.3, -0.25) is 0 Å². The highest BCUT2D eigenvalue weighted by molar-refractivity contribution is 5.54. The van der Waals surface area contributed by atoms with Gasteiger partial charge in [-0.05, 0) is 192 Å². The molecular formula is C58H82O4. The van der Waals surface area contributed by atoms with Crippen LogP contribution in [0.2, 0.25) is 0 Å². The van der Waals surface area contributed by atoms with Crippen molar-refractivity contribution in [1.29, 1.82) is 0 Å². The smallest absolute Gasteiger partial charge is 0.122 e. The molecule has 0 aromatic heterocycles. The van der Waals surface area contributed by atoms with Crippen molar-refractivity contribution in [3.05, 3.63) is 115 Å². The molecule has 0 saturated heterocycles. The first-order valence-electron chi connectivity index (χ1n) is 24.1. The van der Waals surface area contributed by atoms with Gasteiger partial charge in [0.1, 0.15) is 23.0 Å². The first-order valence-corrected chi connectivity index (χ1v) is 24.1. The van der Waals surface area contributed by atoms with Crippen LogP contribution in [0.5, 0.6) is 23.0 Å². The second-order valence-corrected chi connectivity index (χ2v) is 23.7. The van der Waals surface area contributed by atoms with Gasteiger partial charge in [0.25, 0.3) is 0 Å². The standard InChI is InChI=1S/C32H44O2.C26H38O2/c1-17(2)10-21-11-18(3)12-27(30(21)33)24-15-20-16-25(24)29-22(20)8-9-23(29)26-13-19(4)14-28(31(26)34)32(5,6)7;1-10-11-18(19-14-21(25(4,5)6)23(27)12-16(19)2)20-15-22(26(7,8)9)24(28)13-17(20)3/h11-14,17,20,22-25,29,33-34H,8-10,15-16H2,1-7H3;12-15,18,27-28H,10-11H2,1-9H3. The van der Waals surface area contributed by atoms with Crippen molar-refractivity contribution in [1.82, 2.24) is 0 Å². The van der Waals surface area contributed by atoms with Crippen LogP contribution in [0.25, 0.3) is 0 Å². The van der Waals surface area contributed by atoms with Crippen molar-refractivity contribution < 1.29 is 20.4 Å². The average Bonchev–Trinajstić information content (AvgIpc) is 3.86. The van der Waals surface area contributed by atoms with E-state index in [1.165, 1.54) is 59.1 Å². The Morgan fingerprint density at radius 3 is 1.55 bits per heavy atom. The van der Waals surface area contributed by atoms with Gasteiger partial charge in [0.15, 0.2) is 0 Å². The summed E-state index contributed by atoms with van der Waals surface area (Å²) >= 11 is 0. The van der Waals surface area contributed by atoms with E-state index in [0.29, 0.717) is 52.6 Å². The predicted octanol–water partition coefficient (Wildman–Crippen LogP) is 15.4. The number of hydrogen-bond donors (Lipinski definition) is 4. The van der Waals surface area contributed by atoms with E-state index < -0.39 is 0 Å². The lowest BCUT2D eigenvalue weighted by Crippen LogP contribution is -2.27. The fourth-order valence-corrected chi connectivity index (χ4v) is 12.4. The molecular weight excluding hydrogens is 761 g/mol. The van der Waals surface area contributed by atoms with Crippen LogP contribution in [0.4, 0.5) is 0 Å². The Morgan fingerprint density at radius 1 is 0.565 bits per heavy atom. The minimum absolute atomic E-state index is 0.0692. The van der Waals surface area contributed by atoms with Crippen molar-refractivity contribution in [2.75, 3.05) is 0 Å². The van der Waals surface area contributed by atoms with Crippen LogP contribution < -0.4 is 0 Å². The number of hydrogen-bond acceptors (Lipinski definition) is 4. The average molecular weight is 843 g/mol. The molecule has 0 aliphatic heterocycles. The van der Waals surface area contributed by atoms with Crippen LogP contribution in [0.3, 0.4) is 0 Å². The van der Waals surface area contributed by atoms with Crippen LogP contribution in [0, 0.1) is 57.3 Å². The number of phenolic OH excluding ortho intramolecular Hbond substituents is 4. The zero-order valence-corrected chi connectivity index (χ0v) is 41.5. The predicted molar refractivity (Wildman–Crippen MR) is 261 cm³/mol. The highest BCUT2D eigenvalue weighted by Gasteiger charge is 2.58. The minimum Gasteiger partial charge on any atom is -0.508 e. The summed E-state index contributed by atoms with van der Waals surface area (Å²) in [5, 5.41) is 43.9. The van der Waals surface area contributed by atoms with Crippen molar-refractivity contribution in [2.24, 2.45) is 29.6 Å². The second-order valence-electron chi connectivity index (χ2n) is 23.7. The van der Waals surface area contributed by atoms with Gasteiger partial charge in [-0.15, -0.1) is 0 Å². The van der Waals surface area contributed by atoms with Gasteiger partial charge in [0.2, 0.25) is 0 Å². The quantitative estimate of drug-likeness (QED) is 0.142. The van der Waals surface area contributed by atoms with Crippen molar-refractivity contribution >= 4 is 0 Å². The van der Waals surface area contributed by atoms with Gasteiger partial charge in [0, 0.05) is 5.92 Å². The zero-order chi connectivity index (χ0) is 46.0. The van der Waals surface area contributed by atoms with Crippen molar-refractivity contribution in [2.45, 2.75) is 190 Å². The molecule has 2 bridgehead atoms. The Bertz CT molecular complexity index is 2190. The summed E-state index contributed by atoms with van der Waals surface area (Å²) in [6, 6.07) is 17.1. The number of benzene rings is 4. The summed E-state index contributed by atoms with van der Waals surface area (Å²) in [4.78, 5) is 0. The van der Waals surface area contributed by atoms with Gasteiger partial charge in [-0.2, -0.15) is 0 Å². The van der Waals surface area contributed by atoms with Crippen LogP contribution >= 0.6 is 0 Å². The number of rotatable bonds is 8. The summed E-state index contributed by atoms with van der Waals surface area (Å²) in [5.74, 6) is 6.31. The highest BCUT2D eigenvalue weighted by atomic mass is 16.3. The molecule has 4 N–H and O–H groups in total. The zero-order valence-electron chi connectivity index (χ0n) is 41.5. The SMILES string of the molecule is CCCC(c1cc(C(C)(C)C)c(O)cc1C)c1cc(C(C)(C)C)c(O)cc1C.Cc1cc(CC(C)C)c(O)c(C2CC3CC2C2C(c4cc(C)cc(C(C)(C)C)c4O)CCC32)c1. The molecule has 3 saturated carbocycles. The summed E-state index contributed by atoms with van der Waals surface area (Å²) < 4.78 is 0. The van der Waals surface area contributed by atoms with Crippen LogP contribution in [0.15, 0.2) is 48.5 Å². The first-order chi connectivity index (χ1) is 28.7. The third-order valence-electron chi connectivity index (χ3n) is 15.1. The van der Waals surface area contributed by atoms with Crippen LogP contribution in [0.1, 0.15) is 206 Å². The molecule has 0 radical (unpaired) electrons. The lowest BCUT2D eigenvalue weighted by atomic mass is 9.68. The fourth-order valence-electron chi connectivity index (χ4n) is 12.4. The number of fused-ring (bicyclic) bond motifs is 5. The first kappa shape index (κ1) is 47.6. The molecule has 7 rings (SSSR count). The third-order valence-corrected chi connectivity index (χ3v) is 15.1. The molecule has 3 fully saturated rings. The molecule has 6 atom stereocenters. The van der Waals surface area contributed by atoms with Gasteiger partial charge in [0.05, 0.1) is 0 Å². The molecule has 4 nitrogen and oxygen atoms in total. The largest absolute Gasteiger partial charge is 0.508 e. The number of aromatic hydroxyl groups is 4. The van der Waals surface area contributed by atoms with E-state index in [4.69, 9.17) is 0 Å². The maximum atomic E-state index is 11.4. The lowest BCUT2D eigenvalue weighted by molar-refractivity contribution is 0.213. The summed E-state index contributed by atoms with van der Waals surface area (Å²) in [5.41, 5.74) is 13.6. The summed E-state index contributed by atoms with van der Waals surface area (Å²) in [7, 11) is 0. The lowest BCUT2D eigenvalue weighted by Gasteiger charge is -2.36. The van der Waals surface area contributed by atoms with E-state index in [9.17, 15) is 20.4 Å². The Kier molecular flexibility index (Phi) is 13.5. The molecule has 6 unspecified atom stereocenters. The minimum atomic E-state index is -0.121. The maximum absolute atomic E-state index is 11.4. The molecule has 3 aliphatic carbocycles. The molecule has 0 spiro atoms.